The molecule has 2 N–H and O–H groups in total. The average Bonchev–Trinajstić information content (AvgIpc) is 2.81. The van der Waals surface area contributed by atoms with Crippen LogP contribution in [0.4, 0.5) is 0 Å². The lowest BCUT2D eigenvalue weighted by Crippen LogP contribution is -2.51. The minimum absolute atomic E-state index is 0.223. The Hall–Kier alpha value is -1.63. The van der Waals surface area contributed by atoms with Crippen LogP contribution in [-0.4, -0.2) is 54.5 Å². The normalized spacial score (nSPS) is 19.1. The lowest BCUT2D eigenvalue weighted by Gasteiger charge is -2.31. The lowest BCUT2D eigenvalue weighted by atomic mass is 10.1. The van der Waals surface area contributed by atoms with Gasteiger partial charge in [0.15, 0.2) is 5.96 Å². The Morgan fingerprint density at radius 3 is 2.87 bits per heavy atom. The van der Waals surface area contributed by atoms with E-state index < -0.39 is 0 Å². The fourth-order valence-electron chi connectivity index (χ4n) is 2.72. The molecule has 2 rings (SSSR count). The van der Waals surface area contributed by atoms with E-state index in [2.05, 4.69) is 34.5 Å². The fraction of sp³-hybridized carbons (Fsp3) is 0.688. The summed E-state index contributed by atoms with van der Waals surface area (Å²) >= 11 is 1.75. The van der Waals surface area contributed by atoms with Crippen LogP contribution >= 0.6 is 11.3 Å². The van der Waals surface area contributed by atoms with Crippen LogP contribution in [0.3, 0.4) is 0 Å². The lowest BCUT2D eigenvalue weighted by molar-refractivity contribution is -0.132. The number of nitrogens with one attached hydrogen (secondary N) is 2. The summed E-state index contributed by atoms with van der Waals surface area (Å²) in [5.74, 6) is 1.06. The number of piperidine rings is 1. The molecule has 1 unspecified atom stereocenters. The van der Waals surface area contributed by atoms with E-state index in [0.717, 1.165) is 49.1 Å². The number of aliphatic imine (C=N–C) groups is 1. The number of hydrogen-bond donors (Lipinski definition) is 2. The number of aryl methyl sites for hydroxylation is 2. The molecule has 1 saturated heterocycles. The van der Waals surface area contributed by atoms with Gasteiger partial charge < -0.3 is 15.5 Å². The zero-order valence-electron chi connectivity index (χ0n) is 14.5. The number of hydrogen-bond acceptors (Lipinski definition) is 4. The first kappa shape index (κ1) is 17.7. The molecule has 0 spiro atoms. The second-order valence-electron chi connectivity index (χ2n) is 5.91. The van der Waals surface area contributed by atoms with Gasteiger partial charge in [-0.1, -0.05) is 0 Å². The zero-order chi connectivity index (χ0) is 16.8. The van der Waals surface area contributed by atoms with Crippen molar-refractivity contribution in [2.75, 3.05) is 26.7 Å². The summed E-state index contributed by atoms with van der Waals surface area (Å²) in [6.07, 6.45) is 2.38. The van der Waals surface area contributed by atoms with E-state index in [4.69, 9.17) is 0 Å². The highest BCUT2D eigenvalue weighted by Gasteiger charge is 2.23. The first-order chi connectivity index (χ1) is 11.0. The maximum atomic E-state index is 11.6. The maximum absolute atomic E-state index is 11.6. The van der Waals surface area contributed by atoms with Gasteiger partial charge in [0.2, 0.25) is 5.91 Å². The quantitative estimate of drug-likeness (QED) is 0.631. The summed E-state index contributed by atoms with van der Waals surface area (Å²) in [6, 6.07) is 0.267. The molecule has 23 heavy (non-hydrogen) atoms. The smallest absolute Gasteiger partial charge is 0.222 e. The highest BCUT2D eigenvalue weighted by molar-refractivity contribution is 7.11. The van der Waals surface area contributed by atoms with Crippen LogP contribution in [-0.2, 0) is 11.2 Å². The second-order valence-corrected chi connectivity index (χ2v) is 7.19. The number of thiazole rings is 1. The number of guanidine groups is 1. The number of likely N-dealkylation sites (N-methyl/N-ethyl adjacent to an activating group) is 1. The molecule has 1 aliphatic rings. The van der Waals surface area contributed by atoms with Gasteiger partial charge in [-0.15, -0.1) is 11.3 Å². The van der Waals surface area contributed by atoms with Crippen molar-refractivity contribution in [3.05, 3.63) is 15.6 Å². The van der Waals surface area contributed by atoms with Crippen molar-refractivity contribution in [2.45, 2.75) is 46.1 Å². The monoisotopic (exact) mass is 337 g/mol. The standard InChI is InChI=1S/C16H27N5OS/c1-5-17-16(20-13-6-7-15(22)21(4)10-13)18-9-8-14-11(2)19-12(3)23-14/h13H,5-10H2,1-4H3,(H2,17,18,20). The topological polar surface area (TPSA) is 69.6 Å². The molecule has 1 aromatic heterocycles. The molecule has 1 amide bonds. The third kappa shape index (κ3) is 5.20. The average molecular weight is 337 g/mol. The molecule has 0 bridgehead atoms. The summed E-state index contributed by atoms with van der Waals surface area (Å²) in [7, 11) is 1.86. The van der Waals surface area contributed by atoms with Crippen LogP contribution in [0.1, 0.15) is 35.3 Å². The zero-order valence-corrected chi connectivity index (χ0v) is 15.3. The van der Waals surface area contributed by atoms with Crippen LogP contribution < -0.4 is 10.6 Å². The predicted molar refractivity (Wildman–Crippen MR) is 95.1 cm³/mol. The number of amides is 1. The summed E-state index contributed by atoms with van der Waals surface area (Å²) < 4.78 is 0. The van der Waals surface area contributed by atoms with Crippen molar-refractivity contribution in [2.24, 2.45) is 4.99 Å². The van der Waals surface area contributed by atoms with Crippen LogP contribution in [0.5, 0.6) is 0 Å². The van der Waals surface area contributed by atoms with E-state index in [9.17, 15) is 4.79 Å². The second kappa shape index (κ2) is 8.29. The van der Waals surface area contributed by atoms with E-state index in [1.807, 2.05) is 14.0 Å². The summed E-state index contributed by atoms with van der Waals surface area (Å²) in [6.45, 7) is 8.45. The Bertz CT molecular complexity index is 569. The molecule has 1 atom stereocenters. The molecule has 1 aliphatic heterocycles. The van der Waals surface area contributed by atoms with E-state index in [1.165, 1.54) is 4.88 Å². The summed E-state index contributed by atoms with van der Waals surface area (Å²) in [5, 5.41) is 7.84. The number of nitrogens with zero attached hydrogens (tertiary/aromatic N) is 3. The van der Waals surface area contributed by atoms with Crippen molar-refractivity contribution in [1.82, 2.24) is 20.5 Å². The van der Waals surface area contributed by atoms with Crippen molar-refractivity contribution in [3.63, 3.8) is 0 Å². The van der Waals surface area contributed by atoms with E-state index >= 15 is 0 Å². The van der Waals surface area contributed by atoms with Gasteiger partial charge in [0.05, 0.1) is 10.7 Å². The van der Waals surface area contributed by atoms with Crippen LogP contribution in [0, 0.1) is 13.8 Å². The first-order valence-electron chi connectivity index (χ1n) is 8.21. The molecule has 1 fully saturated rings. The number of carbonyl (C=O) groups excluding carboxylic acids is 1. The number of rotatable bonds is 5. The largest absolute Gasteiger partial charge is 0.357 e. The number of carbonyl (C=O) groups is 1. The number of likely N-dealkylation sites (tertiary alicyclic amines) is 1. The van der Waals surface area contributed by atoms with Gasteiger partial charge in [-0.25, -0.2) is 4.98 Å². The molecular weight excluding hydrogens is 310 g/mol. The third-order valence-corrected chi connectivity index (χ3v) is 5.05. The van der Waals surface area contributed by atoms with E-state index in [-0.39, 0.29) is 11.9 Å². The molecule has 0 aromatic carbocycles. The van der Waals surface area contributed by atoms with Crippen molar-refractivity contribution < 1.29 is 4.79 Å². The van der Waals surface area contributed by atoms with Gasteiger partial charge in [0, 0.05) is 50.4 Å². The Kier molecular flexibility index (Phi) is 6.38. The minimum atomic E-state index is 0.223. The van der Waals surface area contributed by atoms with E-state index in [1.54, 1.807) is 16.2 Å². The maximum Gasteiger partial charge on any atom is 0.222 e. The van der Waals surface area contributed by atoms with Crippen LogP contribution in [0.2, 0.25) is 0 Å². The highest BCUT2D eigenvalue weighted by Crippen LogP contribution is 2.17. The fourth-order valence-corrected chi connectivity index (χ4v) is 3.64. The Morgan fingerprint density at radius 2 is 2.26 bits per heavy atom. The molecule has 0 aliphatic carbocycles. The predicted octanol–water partition coefficient (Wildman–Crippen LogP) is 1.48. The Balaban J connectivity index is 1.89. The minimum Gasteiger partial charge on any atom is -0.357 e. The first-order valence-corrected chi connectivity index (χ1v) is 9.03. The molecule has 0 saturated carbocycles. The van der Waals surface area contributed by atoms with E-state index in [0.29, 0.717) is 6.42 Å². The van der Waals surface area contributed by atoms with Gasteiger partial charge in [0.25, 0.3) is 0 Å². The third-order valence-electron chi connectivity index (χ3n) is 3.92. The highest BCUT2D eigenvalue weighted by atomic mass is 32.1. The van der Waals surface area contributed by atoms with Gasteiger partial charge in [-0.05, 0) is 27.2 Å². The van der Waals surface area contributed by atoms with Gasteiger partial charge in [-0.2, -0.15) is 0 Å². The van der Waals surface area contributed by atoms with Gasteiger partial charge >= 0.3 is 0 Å². The summed E-state index contributed by atoms with van der Waals surface area (Å²) in [4.78, 5) is 23.8. The molecular formula is C16H27N5OS. The Morgan fingerprint density at radius 1 is 1.48 bits per heavy atom. The van der Waals surface area contributed by atoms with Crippen molar-refractivity contribution in [1.29, 1.82) is 0 Å². The SMILES string of the molecule is CCNC(=NCCc1sc(C)nc1C)NC1CCC(=O)N(C)C1. The Labute approximate surface area is 142 Å². The number of aromatic nitrogens is 1. The van der Waals surface area contributed by atoms with Crippen LogP contribution in [0.15, 0.2) is 4.99 Å². The summed E-state index contributed by atoms with van der Waals surface area (Å²) in [5.41, 5.74) is 1.12. The molecule has 0 radical (unpaired) electrons. The van der Waals surface area contributed by atoms with Crippen LogP contribution in [0.25, 0.3) is 0 Å². The van der Waals surface area contributed by atoms with Gasteiger partial charge in [-0.3, -0.25) is 9.79 Å². The molecule has 2 heterocycles. The van der Waals surface area contributed by atoms with Crippen molar-refractivity contribution in [3.8, 4) is 0 Å². The molecule has 1 aromatic rings. The molecule has 128 valence electrons. The van der Waals surface area contributed by atoms with Gasteiger partial charge in [0.1, 0.15) is 0 Å². The van der Waals surface area contributed by atoms with Crippen molar-refractivity contribution >= 4 is 23.2 Å². The molecule has 6 nitrogen and oxygen atoms in total. The molecule has 7 heteroatoms.